The van der Waals surface area contributed by atoms with Crippen molar-refractivity contribution in [1.82, 2.24) is 10.3 Å². The molecule has 1 aromatic heterocycles. The summed E-state index contributed by atoms with van der Waals surface area (Å²) in [6.07, 6.45) is 2.87. The highest BCUT2D eigenvalue weighted by molar-refractivity contribution is 9.10. The van der Waals surface area contributed by atoms with Crippen LogP contribution in [0.2, 0.25) is 0 Å². The molecule has 0 spiro atoms. The molecular formula is C14H23BrN2. The fraction of sp³-hybridized carbons (Fsp3) is 0.643. The molecule has 0 unspecified atom stereocenters. The molecule has 1 N–H and O–H groups in total. The van der Waals surface area contributed by atoms with Crippen LogP contribution in [0.25, 0.3) is 0 Å². The van der Waals surface area contributed by atoms with Crippen LogP contribution in [0.4, 0.5) is 0 Å². The fourth-order valence-corrected chi connectivity index (χ4v) is 2.00. The van der Waals surface area contributed by atoms with Crippen LogP contribution < -0.4 is 5.32 Å². The van der Waals surface area contributed by atoms with Gasteiger partial charge in [0.05, 0.1) is 0 Å². The van der Waals surface area contributed by atoms with Crippen LogP contribution in [0.3, 0.4) is 0 Å². The van der Waals surface area contributed by atoms with E-state index in [-0.39, 0.29) is 5.41 Å². The summed E-state index contributed by atoms with van der Waals surface area (Å²) in [5.41, 5.74) is 1.40. The van der Waals surface area contributed by atoms with E-state index in [1.807, 2.05) is 6.20 Å². The lowest BCUT2D eigenvalue weighted by Gasteiger charge is -2.25. The number of hydrogen-bond donors (Lipinski definition) is 1. The molecule has 0 saturated heterocycles. The van der Waals surface area contributed by atoms with Crippen molar-refractivity contribution in [1.29, 1.82) is 0 Å². The van der Waals surface area contributed by atoms with Crippen molar-refractivity contribution in [3.8, 4) is 0 Å². The van der Waals surface area contributed by atoms with Crippen LogP contribution >= 0.6 is 15.9 Å². The van der Waals surface area contributed by atoms with Crippen molar-refractivity contribution < 1.29 is 0 Å². The van der Waals surface area contributed by atoms with Gasteiger partial charge in [0, 0.05) is 22.9 Å². The van der Waals surface area contributed by atoms with E-state index in [9.17, 15) is 0 Å². The first-order valence-corrected chi connectivity index (χ1v) is 6.99. The largest absolute Gasteiger partial charge is 0.316 e. The van der Waals surface area contributed by atoms with Gasteiger partial charge in [0.1, 0.15) is 0 Å². The maximum absolute atomic E-state index is 4.43. The summed E-state index contributed by atoms with van der Waals surface area (Å²) in [6, 6.07) is 4.15. The highest BCUT2D eigenvalue weighted by atomic mass is 79.9. The number of aromatic nitrogens is 1. The van der Waals surface area contributed by atoms with Gasteiger partial charge in [0.25, 0.3) is 0 Å². The van der Waals surface area contributed by atoms with Gasteiger partial charge in [0.2, 0.25) is 0 Å². The molecule has 0 aliphatic carbocycles. The molecule has 96 valence electrons. The first-order valence-electron chi connectivity index (χ1n) is 6.20. The minimum absolute atomic E-state index is 0.246. The van der Waals surface area contributed by atoms with Gasteiger partial charge in [-0.3, -0.25) is 4.98 Å². The summed E-state index contributed by atoms with van der Waals surface area (Å²) in [5, 5.41) is 3.52. The molecule has 0 aromatic carbocycles. The molecule has 0 aliphatic heterocycles. The van der Waals surface area contributed by atoms with Gasteiger partial charge in [0.15, 0.2) is 0 Å². The zero-order chi connectivity index (χ0) is 12.9. The molecule has 1 heterocycles. The smallest absolute Gasteiger partial charge is 0.0413 e. The first kappa shape index (κ1) is 14.7. The standard InChI is InChI=1S/C14H23BrN2/c1-11(2)8-16-10-14(3,4)7-13-6-5-12(15)9-17-13/h5-6,9,11,16H,7-8,10H2,1-4H3. The molecule has 17 heavy (non-hydrogen) atoms. The van der Waals surface area contributed by atoms with Crippen molar-refractivity contribution in [2.24, 2.45) is 11.3 Å². The van der Waals surface area contributed by atoms with E-state index < -0.39 is 0 Å². The minimum atomic E-state index is 0.246. The van der Waals surface area contributed by atoms with Crippen LogP contribution in [-0.4, -0.2) is 18.1 Å². The lowest BCUT2D eigenvalue weighted by molar-refractivity contribution is 0.327. The third-order valence-electron chi connectivity index (χ3n) is 2.60. The monoisotopic (exact) mass is 298 g/mol. The second-order valence-electron chi connectivity index (χ2n) is 5.83. The van der Waals surface area contributed by atoms with Crippen molar-refractivity contribution in [2.75, 3.05) is 13.1 Å². The Balaban J connectivity index is 2.45. The quantitative estimate of drug-likeness (QED) is 0.867. The SMILES string of the molecule is CC(C)CNCC(C)(C)Cc1ccc(Br)cn1. The van der Waals surface area contributed by atoms with Gasteiger partial charge < -0.3 is 5.32 Å². The molecule has 0 bridgehead atoms. The average molecular weight is 299 g/mol. The summed E-state index contributed by atoms with van der Waals surface area (Å²) in [7, 11) is 0. The molecular weight excluding hydrogens is 276 g/mol. The maximum Gasteiger partial charge on any atom is 0.0413 e. The van der Waals surface area contributed by atoms with Crippen molar-refractivity contribution in [2.45, 2.75) is 34.1 Å². The number of pyridine rings is 1. The van der Waals surface area contributed by atoms with Crippen molar-refractivity contribution in [3.05, 3.63) is 28.5 Å². The van der Waals surface area contributed by atoms with E-state index in [0.717, 1.165) is 29.7 Å². The summed E-state index contributed by atoms with van der Waals surface area (Å²) in [5.74, 6) is 0.705. The van der Waals surface area contributed by atoms with E-state index in [2.05, 4.69) is 66.1 Å². The van der Waals surface area contributed by atoms with Crippen molar-refractivity contribution >= 4 is 15.9 Å². The lowest BCUT2D eigenvalue weighted by atomic mass is 9.87. The van der Waals surface area contributed by atoms with Gasteiger partial charge in [-0.2, -0.15) is 0 Å². The van der Waals surface area contributed by atoms with E-state index >= 15 is 0 Å². The third kappa shape index (κ3) is 6.18. The second kappa shape index (κ2) is 6.50. The van der Waals surface area contributed by atoms with E-state index in [0.29, 0.717) is 5.92 Å². The predicted octanol–water partition coefficient (Wildman–Crippen LogP) is 3.66. The molecule has 0 atom stereocenters. The third-order valence-corrected chi connectivity index (χ3v) is 3.07. The Labute approximate surface area is 113 Å². The van der Waals surface area contributed by atoms with E-state index in [1.165, 1.54) is 0 Å². The summed E-state index contributed by atoms with van der Waals surface area (Å²) < 4.78 is 1.04. The highest BCUT2D eigenvalue weighted by Gasteiger charge is 2.18. The highest BCUT2D eigenvalue weighted by Crippen LogP contribution is 2.20. The van der Waals surface area contributed by atoms with Crippen molar-refractivity contribution in [3.63, 3.8) is 0 Å². The van der Waals surface area contributed by atoms with Crippen LogP contribution in [0.1, 0.15) is 33.4 Å². The molecule has 3 heteroatoms. The Morgan fingerprint density at radius 3 is 2.59 bits per heavy atom. The normalized spacial score (nSPS) is 12.1. The molecule has 0 amide bonds. The summed E-state index contributed by atoms with van der Waals surface area (Å²) in [6.45, 7) is 11.1. The Hall–Kier alpha value is -0.410. The maximum atomic E-state index is 4.43. The Bertz CT molecular complexity index is 331. The molecule has 0 aliphatic rings. The fourth-order valence-electron chi connectivity index (χ4n) is 1.76. The molecule has 2 nitrogen and oxygen atoms in total. The molecule has 0 saturated carbocycles. The van der Waals surface area contributed by atoms with Gasteiger partial charge in [-0.25, -0.2) is 0 Å². The molecule has 0 fully saturated rings. The van der Waals surface area contributed by atoms with Crippen LogP contribution in [0.5, 0.6) is 0 Å². The number of nitrogens with zero attached hydrogens (tertiary/aromatic N) is 1. The van der Waals surface area contributed by atoms with Crippen LogP contribution in [0, 0.1) is 11.3 Å². The van der Waals surface area contributed by atoms with Crippen LogP contribution in [-0.2, 0) is 6.42 Å². The first-order chi connectivity index (χ1) is 7.89. The van der Waals surface area contributed by atoms with Gasteiger partial charge in [-0.15, -0.1) is 0 Å². The second-order valence-corrected chi connectivity index (χ2v) is 6.75. The molecule has 1 aromatic rings. The van der Waals surface area contributed by atoms with E-state index in [1.54, 1.807) is 0 Å². The minimum Gasteiger partial charge on any atom is -0.316 e. The Morgan fingerprint density at radius 2 is 2.06 bits per heavy atom. The number of hydrogen-bond acceptors (Lipinski definition) is 2. The zero-order valence-electron chi connectivity index (χ0n) is 11.3. The topological polar surface area (TPSA) is 24.9 Å². The molecule has 0 radical (unpaired) electrons. The van der Waals surface area contributed by atoms with Gasteiger partial charge >= 0.3 is 0 Å². The predicted molar refractivity (Wildman–Crippen MR) is 77.1 cm³/mol. The Kier molecular flexibility index (Phi) is 5.60. The summed E-state index contributed by atoms with van der Waals surface area (Å²) >= 11 is 3.41. The number of nitrogens with one attached hydrogen (secondary N) is 1. The summed E-state index contributed by atoms with van der Waals surface area (Å²) in [4.78, 5) is 4.43. The lowest BCUT2D eigenvalue weighted by Crippen LogP contribution is -2.33. The Morgan fingerprint density at radius 1 is 1.35 bits per heavy atom. The number of rotatable bonds is 6. The zero-order valence-corrected chi connectivity index (χ0v) is 12.8. The number of halogens is 1. The van der Waals surface area contributed by atoms with Crippen LogP contribution in [0.15, 0.2) is 22.8 Å². The molecule has 1 rings (SSSR count). The van der Waals surface area contributed by atoms with Gasteiger partial charge in [-0.1, -0.05) is 27.7 Å². The van der Waals surface area contributed by atoms with Gasteiger partial charge in [-0.05, 0) is 52.4 Å². The van der Waals surface area contributed by atoms with E-state index in [4.69, 9.17) is 0 Å². The average Bonchev–Trinajstić information content (AvgIpc) is 2.20.